The number of nitrogens with one attached hydrogen (secondary N) is 2. The van der Waals surface area contributed by atoms with Crippen LogP contribution in [0.3, 0.4) is 0 Å². The molecular weight excluding hydrogens is 360 g/mol. The Hall–Kier alpha value is -3.16. The zero-order valence-electron chi connectivity index (χ0n) is 15.9. The van der Waals surface area contributed by atoms with E-state index in [1.807, 2.05) is 6.92 Å². The molecule has 8 nitrogen and oxygen atoms in total. The maximum absolute atomic E-state index is 13.4. The van der Waals surface area contributed by atoms with Gasteiger partial charge in [-0.2, -0.15) is 0 Å². The lowest BCUT2D eigenvalue weighted by atomic mass is 9.89. The largest absolute Gasteiger partial charge is 0.465 e. The third-order valence-corrected chi connectivity index (χ3v) is 5.56. The number of amides is 1. The third kappa shape index (κ3) is 2.76. The van der Waals surface area contributed by atoms with Gasteiger partial charge in [0.1, 0.15) is 22.6 Å². The van der Waals surface area contributed by atoms with Crippen molar-refractivity contribution in [2.75, 3.05) is 12.4 Å². The number of methoxy groups -OCH3 is 1. The van der Waals surface area contributed by atoms with Gasteiger partial charge >= 0.3 is 5.97 Å². The maximum Gasteiger partial charge on any atom is 0.341 e. The van der Waals surface area contributed by atoms with E-state index in [9.17, 15) is 14.4 Å². The molecule has 1 saturated carbocycles. The van der Waals surface area contributed by atoms with Crippen LogP contribution in [0.4, 0.5) is 11.4 Å². The monoisotopic (exact) mass is 382 g/mol. The molecule has 1 aliphatic carbocycles. The van der Waals surface area contributed by atoms with Gasteiger partial charge < -0.3 is 15.4 Å². The number of fused-ring (bicyclic) bond motifs is 2. The molecular formula is C20H22N4O4. The van der Waals surface area contributed by atoms with Crippen LogP contribution in [0.1, 0.15) is 58.5 Å². The van der Waals surface area contributed by atoms with Gasteiger partial charge in [0, 0.05) is 12.4 Å². The van der Waals surface area contributed by atoms with E-state index in [1.54, 1.807) is 16.7 Å². The van der Waals surface area contributed by atoms with Gasteiger partial charge in [0.25, 0.3) is 11.5 Å². The van der Waals surface area contributed by atoms with E-state index >= 15 is 0 Å². The molecule has 2 aromatic rings. The van der Waals surface area contributed by atoms with Gasteiger partial charge in [-0.3, -0.25) is 19.1 Å². The Balaban J connectivity index is 1.83. The number of aryl methyl sites for hydroxylation is 1. The van der Waals surface area contributed by atoms with E-state index < -0.39 is 11.6 Å². The molecule has 0 aromatic carbocycles. The third-order valence-electron chi connectivity index (χ3n) is 5.56. The molecule has 0 atom stereocenters. The van der Waals surface area contributed by atoms with Crippen molar-refractivity contribution >= 4 is 23.3 Å². The predicted molar refractivity (Wildman–Crippen MR) is 103 cm³/mol. The maximum atomic E-state index is 13.4. The van der Waals surface area contributed by atoms with Crippen molar-refractivity contribution in [3.63, 3.8) is 0 Å². The van der Waals surface area contributed by atoms with Crippen LogP contribution in [0.2, 0.25) is 0 Å². The number of hydrogen-bond acceptors (Lipinski definition) is 6. The average molecular weight is 382 g/mol. The van der Waals surface area contributed by atoms with Crippen LogP contribution >= 0.6 is 0 Å². The molecule has 3 heterocycles. The van der Waals surface area contributed by atoms with E-state index in [-0.39, 0.29) is 17.0 Å². The minimum Gasteiger partial charge on any atom is -0.465 e. The number of hydrogen-bond donors (Lipinski definition) is 2. The predicted octanol–water partition coefficient (Wildman–Crippen LogP) is 2.44. The first-order valence-corrected chi connectivity index (χ1v) is 9.36. The second kappa shape index (κ2) is 6.78. The molecule has 2 aliphatic rings. The van der Waals surface area contributed by atoms with Crippen LogP contribution in [0, 0.1) is 6.92 Å². The highest BCUT2D eigenvalue weighted by atomic mass is 16.5. The number of nitrogens with zero attached hydrogens (tertiary/aromatic N) is 2. The fourth-order valence-corrected chi connectivity index (χ4v) is 4.26. The van der Waals surface area contributed by atoms with Crippen LogP contribution in [0.5, 0.6) is 0 Å². The second-order valence-corrected chi connectivity index (χ2v) is 7.31. The van der Waals surface area contributed by atoms with Crippen molar-refractivity contribution in [3.8, 4) is 0 Å². The molecule has 146 valence electrons. The van der Waals surface area contributed by atoms with Gasteiger partial charge in [0.15, 0.2) is 0 Å². The fraction of sp³-hybridized carbons (Fsp3) is 0.400. The molecule has 1 spiro atoms. The lowest BCUT2D eigenvalue weighted by Crippen LogP contribution is -2.48. The van der Waals surface area contributed by atoms with Gasteiger partial charge in [-0.15, -0.1) is 0 Å². The number of ether oxygens (including phenoxy) is 1. The summed E-state index contributed by atoms with van der Waals surface area (Å²) in [6.45, 7) is 1.81. The summed E-state index contributed by atoms with van der Waals surface area (Å²) in [5.41, 5.74) is 1.14. The molecule has 0 unspecified atom stereocenters. The van der Waals surface area contributed by atoms with Gasteiger partial charge in [-0.05, 0) is 50.3 Å². The van der Waals surface area contributed by atoms with E-state index in [2.05, 4.69) is 15.6 Å². The molecule has 0 radical (unpaired) electrons. The summed E-state index contributed by atoms with van der Waals surface area (Å²) < 4.78 is 6.41. The summed E-state index contributed by atoms with van der Waals surface area (Å²) in [7, 11) is 1.29. The molecule has 8 heteroatoms. The number of carbonyl (C=O) groups is 2. The topological polar surface area (TPSA) is 102 Å². The summed E-state index contributed by atoms with van der Waals surface area (Å²) in [6, 6.07) is 3.26. The van der Waals surface area contributed by atoms with Crippen LogP contribution in [-0.2, 0) is 10.4 Å². The minimum absolute atomic E-state index is 0.206. The van der Waals surface area contributed by atoms with E-state index in [0.29, 0.717) is 22.6 Å². The SMILES string of the molecule is COC(=O)c1cnccc1Nc1cc(C)c2n(c1=O)C1(CCCCC1)NC2=O. The highest BCUT2D eigenvalue weighted by Gasteiger charge is 2.45. The molecule has 28 heavy (non-hydrogen) atoms. The Morgan fingerprint density at radius 1 is 1.25 bits per heavy atom. The van der Waals surface area contributed by atoms with E-state index in [1.165, 1.54) is 19.5 Å². The highest BCUT2D eigenvalue weighted by molar-refractivity contribution is 5.98. The van der Waals surface area contributed by atoms with E-state index in [4.69, 9.17) is 4.74 Å². The van der Waals surface area contributed by atoms with E-state index in [0.717, 1.165) is 32.1 Å². The molecule has 1 amide bonds. The van der Waals surface area contributed by atoms with Crippen LogP contribution in [-0.4, -0.2) is 28.5 Å². The highest BCUT2D eigenvalue weighted by Crippen LogP contribution is 2.37. The molecule has 0 bridgehead atoms. The van der Waals surface area contributed by atoms with Crippen molar-refractivity contribution in [3.05, 3.63) is 51.7 Å². The Kier molecular flexibility index (Phi) is 4.41. The van der Waals surface area contributed by atoms with Crippen molar-refractivity contribution in [1.29, 1.82) is 0 Å². The first kappa shape index (κ1) is 18.2. The Labute approximate surface area is 161 Å². The molecule has 2 aromatic heterocycles. The summed E-state index contributed by atoms with van der Waals surface area (Å²) in [5.74, 6) is -0.753. The Bertz CT molecular complexity index is 1020. The van der Waals surface area contributed by atoms with Crippen molar-refractivity contribution in [2.24, 2.45) is 0 Å². The number of rotatable bonds is 3. The Morgan fingerprint density at radius 2 is 2.00 bits per heavy atom. The summed E-state index contributed by atoms with van der Waals surface area (Å²) in [6.07, 6.45) is 7.39. The Morgan fingerprint density at radius 3 is 2.71 bits per heavy atom. The lowest BCUT2D eigenvalue weighted by molar-refractivity contribution is 0.0601. The molecule has 0 saturated heterocycles. The standard InChI is InChI=1S/C20H22N4O4/c1-12-10-15(22-14-6-9-21-11-13(14)19(27)28-2)18(26)24-16(12)17(25)23-20(24)7-4-3-5-8-20/h6,9-11H,3-5,7-8H2,1-2H3,(H,21,22)(H,23,25). The number of pyridine rings is 2. The number of esters is 1. The zero-order chi connectivity index (χ0) is 19.9. The quantitative estimate of drug-likeness (QED) is 0.791. The molecule has 4 rings (SSSR count). The minimum atomic E-state index is -0.659. The van der Waals surface area contributed by atoms with Gasteiger partial charge in [0.05, 0.1) is 12.8 Å². The molecule has 2 N–H and O–H groups in total. The summed E-state index contributed by atoms with van der Waals surface area (Å²) in [4.78, 5) is 41.9. The zero-order valence-corrected chi connectivity index (χ0v) is 15.9. The van der Waals surface area contributed by atoms with Crippen molar-refractivity contribution < 1.29 is 14.3 Å². The summed E-state index contributed by atoms with van der Waals surface area (Å²) in [5, 5.41) is 6.11. The van der Waals surface area contributed by atoms with Gasteiger partial charge in [-0.25, -0.2) is 4.79 Å². The van der Waals surface area contributed by atoms with Gasteiger partial charge in [0.2, 0.25) is 0 Å². The lowest BCUT2D eigenvalue weighted by Gasteiger charge is -2.35. The molecule has 1 fully saturated rings. The first-order chi connectivity index (χ1) is 13.5. The average Bonchev–Trinajstić information content (AvgIpc) is 2.98. The van der Waals surface area contributed by atoms with Crippen LogP contribution in [0.25, 0.3) is 0 Å². The normalized spacial score (nSPS) is 17.1. The smallest absolute Gasteiger partial charge is 0.341 e. The fourth-order valence-electron chi connectivity index (χ4n) is 4.26. The second-order valence-electron chi connectivity index (χ2n) is 7.31. The van der Waals surface area contributed by atoms with Crippen molar-refractivity contribution in [2.45, 2.75) is 44.7 Å². The summed E-state index contributed by atoms with van der Waals surface area (Å²) >= 11 is 0. The van der Waals surface area contributed by atoms with Crippen LogP contribution in [0.15, 0.2) is 29.3 Å². The number of anilines is 2. The molecule has 1 aliphatic heterocycles. The van der Waals surface area contributed by atoms with Crippen LogP contribution < -0.4 is 16.2 Å². The first-order valence-electron chi connectivity index (χ1n) is 9.36. The number of carbonyl (C=O) groups excluding carboxylic acids is 2. The van der Waals surface area contributed by atoms with Crippen molar-refractivity contribution in [1.82, 2.24) is 14.9 Å². The number of aromatic nitrogens is 2. The van der Waals surface area contributed by atoms with Gasteiger partial charge in [-0.1, -0.05) is 6.42 Å².